The van der Waals surface area contributed by atoms with Crippen LogP contribution in [0.15, 0.2) is 48.5 Å². The smallest absolute Gasteiger partial charge is 0.374 e. The Kier molecular flexibility index (Phi) is 6.19. The lowest BCUT2D eigenvalue weighted by Gasteiger charge is -2.32. The Hall–Kier alpha value is -3.81. The van der Waals surface area contributed by atoms with E-state index in [2.05, 4.69) is 22.2 Å². The number of fused-ring (bicyclic) bond motifs is 1. The van der Waals surface area contributed by atoms with Crippen molar-refractivity contribution in [2.45, 2.75) is 52.4 Å². The number of carboxylic acids is 1. The number of anilines is 1. The molecule has 2 aromatic heterocycles. The summed E-state index contributed by atoms with van der Waals surface area (Å²) in [6.07, 6.45) is 3.49. The second-order valence-electron chi connectivity index (χ2n) is 9.34. The van der Waals surface area contributed by atoms with E-state index < -0.39 is 12.6 Å². The van der Waals surface area contributed by atoms with Gasteiger partial charge in [-0.25, -0.2) is 24.1 Å². The Labute approximate surface area is 203 Å². The lowest BCUT2D eigenvalue weighted by Crippen LogP contribution is -2.31. The molecule has 1 saturated carbocycles. The van der Waals surface area contributed by atoms with Gasteiger partial charge in [0.15, 0.2) is 11.5 Å². The summed E-state index contributed by atoms with van der Waals surface area (Å²) in [4.78, 5) is 25.3. The molecule has 180 valence electrons. The summed E-state index contributed by atoms with van der Waals surface area (Å²) in [5, 5.41) is 13.1. The molecule has 4 aromatic rings. The van der Waals surface area contributed by atoms with Crippen molar-refractivity contribution in [2.75, 3.05) is 5.32 Å². The lowest BCUT2D eigenvalue weighted by atomic mass is 9.80. The van der Waals surface area contributed by atoms with E-state index in [1.165, 1.54) is 6.42 Å². The summed E-state index contributed by atoms with van der Waals surface area (Å²) in [6, 6.07) is 15.5. The van der Waals surface area contributed by atoms with Gasteiger partial charge in [-0.15, -0.1) is 0 Å². The summed E-state index contributed by atoms with van der Waals surface area (Å²) in [7, 11) is 0. The van der Waals surface area contributed by atoms with E-state index in [-0.39, 0.29) is 11.9 Å². The summed E-state index contributed by atoms with van der Waals surface area (Å²) in [5.74, 6) is 0.190. The fraction of sp³-hybridized carbons (Fsp3) is 0.333. The van der Waals surface area contributed by atoms with Gasteiger partial charge in [0.25, 0.3) is 0 Å². The highest BCUT2D eigenvalue weighted by molar-refractivity contribution is 5.92. The van der Waals surface area contributed by atoms with Crippen molar-refractivity contribution in [2.24, 2.45) is 5.92 Å². The fourth-order valence-electron chi connectivity index (χ4n) is 4.58. The Balaban J connectivity index is 1.70. The van der Waals surface area contributed by atoms with Crippen molar-refractivity contribution in [1.82, 2.24) is 19.5 Å². The van der Waals surface area contributed by atoms with E-state index in [4.69, 9.17) is 4.98 Å². The van der Waals surface area contributed by atoms with Crippen LogP contribution in [0, 0.1) is 12.8 Å². The maximum absolute atomic E-state index is 13.1. The van der Waals surface area contributed by atoms with Gasteiger partial charge >= 0.3 is 5.97 Å². The molecule has 0 spiro atoms. The van der Waals surface area contributed by atoms with Gasteiger partial charge in [0.1, 0.15) is 18.0 Å². The zero-order valence-corrected chi connectivity index (χ0v) is 19.8. The first kappa shape index (κ1) is 23.0. The summed E-state index contributed by atoms with van der Waals surface area (Å²) < 4.78 is 15.1. The fourth-order valence-corrected chi connectivity index (χ4v) is 4.58. The number of carboxylic acid groups (broad SMARTS) is 1. The average Bonchev–Trinajstić information content (AvgIpc) is 3.17. The van der Waals surface area contributed by atoms with Gasteiger partial charge in [0.05, 0.1) is 0 Å². The number of aryl methyl sites for hydroxylation is 1. The lowest BCUT2D eigenvalue weighted by molar-refractivity contribution is 0.0684. The number of aromatic nitrogens is 4. The Morgan fingerprint density at radius 1 is 1.14 bits per heavy atom. The van der Waals surface area contributed by atoms with Gasteiger partial charge in [-0.05, 0) is 49.8 Å². The van der Waals surface area contributed by atoms with Crippen LogP contribution in [0.4, 0.5) is 10.2 Å². The monoisotopic (exact) mass is 473 g/mol. The summed E-state index contributed by atoms with van der Waals surface area (Å²) in [5.41, 5.74) is 4.57. The molecule has 2 N–H and O–H groups in total. The van der Waals surface area contributed by atoms with Crippen molar-refractivity contribution < 1.29 is 14.3 Å². The first-order chi connectivity index (χ1) is 16.9. The van der Waals surface area contributed by atoms with Gasteiger partial charge in [0.2, 0.25) is 5.82 Å². The Morgan fingerprint density at radius 2 is 1.89 bits per heavy atom. The zero-order chi connectivity index (χ0) is 24.5. The van der Waals surface area contributed by atoms with Crippen molar-refractivity contribution in [3.05, 3.63) is 71.0 Å². The van der Waals surface area contributed by atoms with Crippen molar-refractivity contribution in [3.63, 3.8) is 0 Å². The predicted molar refractivity (Wildman–Crippen MR) is 133 cm³/mol. The number of nitrogens with zero attached hydrogens (tertiary/aromatic N) is 4. The Morgan fingerprint density at radius 3 is 2.51 bits per heavy atom. The molecule has 0 aliphatic heterocycles. The van der Waals surface area contributed by atoms with Crippen LogP contribution in [0.3, 0.4) is 0 Å². The largest absolute Gasteiger partial charge is 0.475 e. The maximum atomic E-state index is 13.1. The number of hydrogen-bond donors (Lipinski definition) is 2. The molecule has 8 heteroatoms. The number of halogens is 1. The van der Waals surface area contributed by atoms with E-state index >= 15 is 0 Å². The number of aromatic carboxylic acids is 1. The highest BCUT2D eigenvalue weighted by atomic mass is 19.1. The number of nitrogens with one attached hydrogen (secondary N) is 1. The van der Waals surface area contributed by atoms with Gasteiger partial charge in [-0.1, -0.05) is 54.4 Å². The van der Waals surface area contributed by atoms with Crippen molar-refractivity contribution >= 4 is 23.0 Å². The topological polar surface area (TPSA) is 92.9 Å². The quantitative estimate of drug-likeness (QED) is 0.345. The molecule has 2 aromatic carbocycles. The van der Waals surface area contributed by atoms with Crippen LogP contribution in [-0.4, -0.2) is 36.6 Å². The Bertz CT molecular complexity index is 1380. The molecule has 5 rings (SSSR count). The molecule has 0 bridgehead atoms. The first-order valence-corrected chi connectivity index (χ1v) is 11.9. The molecule has 1 aliphatic rings. The molecule has 0 radical (unpaired) electrons. The van der Waals surface area contributed by atoms with Crippen LogP contribution in [0.5, 0.6) is 0 Å². The number of alkyl halides is 1. The molecule has 0 amide bonds. The first-order valence-electron chi connectivity index (χ1n) is 11.9. The number of benzene rings is 2. The SMILES string of the molecule is Cc1cccc(-c2nc3nc(C(=O)O)nc(N[C@H](C)C4CCC4)c3n2Cc2ccc(CF)cc2)c1. The van der Waals surface area contributed by atoms with Gasteiger partial charge < -0.3 is 15.0 Å². The molecule has 0 saturated heterocycles. The number of carbonyl (C=O) groups is 1. The highest BCUT2D eigenvalue weighted by Crippen LogP contribution is 2.34. The predicted octanol–water partition coefficient (Wildman–Crippen LogP) is 5.62. The van der Waals surface area contributed by atoms with Crippen molar-refractivity contribution in [1.29, 1.82) is 0 Å². The minimum Gasteiger partial charge on any atom is -0.475 e. The second-order valence-corrected chi connectivity index (χ2v) is 9.34. The minimum absolute atomic E-state index is 0.137. The summed E-state index contributed by atoms with van der Waals surface area (Å²) in [6.45, 7) is 4.06. The maximum Gasteiger partial charge on any atom is 0.374 e. The van der Waals surface area contributed by atoms with E-state index in [0.29, 0.717) is 40.8 Å². The van der Waals surface area contributed by atoms with Gasteiger partial charge in [0, 0.05) is 18.2 Å². The summed E-state index contributed by atoms with van der Waals surface area (Å²) >= 11 is 0. The van der Waals surface area contributed by atoms with Crippen LogP contribution in [0.2, 0.25) is 0 Å². The molecule has 35 heavy (non-hydrogen) atoms. The molecule has 0 unspecified atom stereocenters. The minimum atomic E-state index is -1.19. The van der Waals surface area contributed by atoms with Crippen LogP contribution in [-0.2, 0) is 13.2 Å². The molecule has 1 fully saturated rings. The van der Waals surface area contributed by atoms with Gasteiger partial charge in [-0.3, -0.25) is 0 Å². The third-order valence-corrected chi connectivity index (χ3v) is 6.81. The average molecular weight is 474 g/mol. The van der Waals surface area contributed by atoms with Crippen LogP contribution >= 0.6 is 0 Å². The van der Waals surface area contributed by atoms with Crippen LogP contribution in [0.1, 0.15) is 53.5 Å². The second kappa shape index (κ2) is 9.44. The van der Waals surface area contributed by atoms with Crippen LogP contribution < -0.4 is 5.32 Å². The molecule has 1 atom stereocenters. The standard InChI is InChI=1S/C27H28FN5O2/c1-16-5-3-8-21(13-16)26-32-24-22(33(26)15-19-11-9-18(14-28)10-12-19)23(30-25(31-24)27(34)35)29-17(2)20-6-4-7-20/h3,5,8-13,17,20H,4,6-7,14-15H2,1-2H3,(H,34,35)(H,29,30,31)/t17-/m1/s1. The molecular formula is C27H28FN5O2. The van der Waals surface area contributed by atoms with E-state index in [1.807, 2.05) is 47.9 Å². The number of imidazole rings is 1. The zero-order valence-electron chi connectivity index (χ0n) is 19.8. The van der Waals surface area contributed by atoms with Gasteiger partial charge in [-0.2, -0.15) is 0 Å². The van der Waals surface area contributed by atoms with E-state index in [1.54, 1.807) is 12.1 Å². The third-order valence-electron chi connectivity index (χ3n) is 6.81. The third kappa shape index (κ3) is 4.60. The highest BCUT2D eigenvalue weighted by Gasteiger charge is 2.27. The number of rotatable bonds is 8. The number of hydrogen-bond acceptors (Lipinski definition) is 5. The molecule has 7 nitrogen and oxygen atoms in total. The van der Waals surface area contributed by atoms with E-state index in [9.17, 15) is 14.3 Å². The molecule has 1 aliphatic carbocycles. The molecule has 2 heterocycles. The molecular weight excluding hydrogens is 445 g/mol. The van der Waals surface area contributed by atoms with Crippen LogP contribution in [0.25, 0.3) is 22.6 Å². The van der Waals surface area contributed by atoms with E-state index in [0.717, 1.165) is 29.5 Å². The normalized spacial score (nSPS) is 14.6. The van der Waals surface area contributed by atoms with Crippen molar-refractivity contribution in [3.8, 4) is 11.4 Å².